The van der Waals surface area contributed by atoms with Gasteiger partial charge in [0.2, 0.25) is 0 Å². The van der Waals surface area contributed by atoms with E-state index in [9.17, 15) is 31.4 Å². The standard InChI is InChI=1S/C15H18F6O/c16-14(17,18)13(22,15(19,20)21)10-5-8-4-9(10)12-7-2-1-6(3-7)11(8)12/h6-12,22H,1-5H2/t6?,7-,8?,9?,10?,11?,12?/m1/s1. The minimum absolute atomic E-state index is 0.0290. The molecule has 0 aromatic rings. The molecule has 0 aromatic carbocycles. The van der Waals surface area contributed by atoms with Gasteiger partial charge in [0.1, 0.15) is 0 Å². The maximum absolute atomic E-state index is 13.1. The molecule has 0 aliphatic heterocycles. The molecular weight excluding hydrogens is 310 g/mol. The first-order valence-corrected chi connectivity index (χ1v) is 7.91. The second kappa shape index (κ2) is 4.14. The maximum atomic E-state index is 13.1. The van der Waals surface area contributed by atoms with Crippen molar-refractivity contribution >= 4 is 0 Å². The van der Waals surface area contributed by atoms with Gasteiger partial charge in [-0.25, -0.2) is 0 Å². The first-order valence-electron chi connectivity index (χ1n) is 7.91. The van der Waals surface area contributed by atoms with E-state index in [1.54, 1.807) is 0 Å². The van der Waals surface area contributed by atoms with Crippen LogP contribution in [0.1, 0.15) is 32.1 Å². The normalized spacial score (nSPS) is 47.3. The quantitative estimate of drug-likeness (QED) is 0.566. The molecule has 7 heteroatoms. The molecule has 1 nitrogen and oxygen atoms in total. The molecule has 7 atom stereocenters. The summed E-state index contributed by atoms with van der Waals surface area (Å²) in [6.45, 7) is 0. The summed E-state index contributed by atoms with van der Waals surface area (Å²) in [5, 5.41) is 9.75. The van der Waals surface area contributed by atoms with Gasteiger partial charge in [0.25, 0.3) is 5.60 Å². The lowest BCUT2D eigenvalue weighted by molar-refractivity contribution is -0.390. The Balaban J connectivity index is 1.70. The van der Waals surface area contributed by atoms with Crippen molar-refractivity contribution in [1.29, 1.82) is 0 Å². The smallest absolute Gasteiger partial charge is 0.373 e. The lowest BCUT2D eigenvalue weighted by atomic mass is 9.63. The van der Waals surface area contributed by atoms with E-state index in [4.69, 9.17) is 0 Å². The van der Waals surface area contributed by atoms with E-state index < -0.39 is 29.8 Å². The molecule has 0 heterocycles. The van der Waals surface area contributed by atoms with Crippen molar-refractivity contribution in [3.63, 3.8) is 0 Å². The van der Waals surface area contributed by atoms with Crippen molar-refractivity contribution in [1.82, 2.24) is 0 Å². The van der Waals surface area contributed by atoms with Gasteiger partial charge < -0.3 is 5.11 Å². The number of hydrogen-bond donors (Lipinski definition) is 1. The first-order chi connectivity index (χ1) is 10.1. The van der Waals surface area contributed by atoms with E-state index in [-0.39, 0.29) is 24.2 Å². The van der Waals surface area contributed by atoms with Crippen LogP contribution in [0.4, 0.5) is 26.3 Å². The molecule has 4 fully saturated rings. The third-order valence-corrected chi connectivity index (χ3v) is 7.13. The third kappa shape index (κ3) is 1.61. The summed E-state index contributed by atoms with van der Waals surface area (Å²) in [7, 11) is 0. The fraction of sp³-hybridized carbons (Fsp3) is 1.00. The summed E-state index contributed by atoms with van der Waals surface area (Å²) in [5.74, 6) is -1.36. The molecule has 0 saturated heterocycles. The van der Waals surface area contributed by atoms with Crippen LogP contribution in [0.3, 0.4) is 0 Å². The van der Waals surface area contributed by atoms with Crippen molar-refractivity contribution in [2.24, 2.45) is 41.4 Å². The summed E-state index contributed by atoms with van der Waals surface area (Å²) in [6, 6.07) is 0. The lowest BCUT2D eigenvalue weighted by Crippen LogP contribution is -2.63. The van der Waals surface area contributed by atoms with Crippen molar-refractivity contribution in [2.45, 2.75) is 50.1 Å². The topological polar surface area (TPSA) is 20.2 Å². The molecule has 4 rings (SSSR count). The zero-order valence-corrected chi connectivity index (χ0v) is 11.8. The van der Waals surface area contributed by atoms with Gasteiger partial charge in [-0.15, -0.1) is 0 Å². The van der Waals surface area contributed by atoms with Crippen molar-refractivity contribution in [3.8, 4) is 0 Å². The van der Waals surface area contributed by atoms with Crippen LogP contribution in [0.2, 0.25) is 0 Å². The average molecular weight is 328 g/mol. The Morgan fingerprint density at radius 2 is 1.23 bits per heavy atom. The molecule has 0 radical (unpaired) electrons. The minimum atomic E-state index is -5.67. The molecule has 6 unspecified atom stereocenters. The Morgan fingerprint density at radius 1 is 0.682 bits per heavy atom. The molecule has 22 heavy (non-hydrogen) atoms. The first kappa shape index (κ1) is 15.1. The molecule has 126 valence electrons. The summed E-state index contributed by atoms with van der Waals surface area (Å²) in [6.07, 6.45) is -8.08. The highest BCUT2D eigenvalue weighted by Crippen LogP contribution is 2.71. The zero-order chi connectivity index (χ0) is 16.1. The lowest BCUT2D eigenvalue weighted by Gasteiger charge is -2.46. The van der Waals surface area contributed by atoms with Crippen LogP contribution in [-0.4, -0.2) is 23.1 Å². The number of fused-ring (bicyclic) bond motifs is 9. The average Bonchev–Trinajstić information content (AvgIpc) is 3.12. The van der Waals surface area contributed by atoms with E-state index in [1.807, 2.05) is 0 Å². The third-order valence-electron chi connectivity index (χ3n) is 7.13. The van der Waals surface area contributed by atoms with Gasteiger partial charge >= 0.3 is 12.4 Å². The highest BCUT2D eigenvalue weighted by Gasteiger charge is 2.78. The largest absolute Gasteiger partial charge is 0.426 e. The summed E-state index contributed by atoms with van der Waals surface area (Å²) >= 11 is 0. The minimum Gasteiger partial charge on any atom is -0.373 e. The van der Waals surface area contributed by atoms with E-state index >= 15 is 0 Å². The molecule has 4 saturated carbocycles. The monoisotopic (exact) mass is 328 g/mol. The fourth-order valence-corrected chi connectivity index (χ4v) is 6.63. The van der Waals surface area contributed by atoms with Crippen molar-refractivity contribution in [3.05, 3.63) is 0 Å². The van der Waals surface area contributed by atoms with Crippen LogP contribution in [0, 0.1) is 41.4 Å². The zero-order valence-electron chi connectivity index (χ0n) is 11.8. The molecule has 4 bridgehead atoms. The Morgan fingerprint density at radius 3 is 1.77 bits per heavy atom. The fourth-order valence-electron chi connectivity index (χ4n) is 6.63. The highest BCUT2D eigenvalue weighted by atomic mass is 19.4. The molecule has 1 N–H and O–H groups in total. The van der Waals surface area contributed by atoms with Crippen molar-refractivity contribution < 1.29 is 31.4 Å². The Hall–Kier alpha value is -0.460. The molecule has 4 aliphatic carbocycles. The highest BCUT2D eigenvalue weighted by molar-refractivity contribution is 5.16. The number of alkyl halides is 6. The van der Waals surface area contributed by atoms with E-state index in [1.165, 1.54) is 0 Å². The van der Waals surface area contributed by atoms with Gasteiger partial charge in [0, 0.05) is 5.92 Å². The van der Waals surface area contributed by atoms with Crippen molar-refractivity contribution in [2.75, 3.05) is 0 Å². The second-order valence-corrected chi connectivity index (χ2v) is 7.75. The van der Waals surface area contributed by atoms with E-state index in [0.29, 0.717) is 18.3 Å². The Bertz CT molecular complexity index is 469. The van der Waals surface area contributed by atoms with Crippen LogP contribution < -0.4 is 0 Å². The number of rotatable bonds is 1. The van der Waals surface area contributed by atoms with Gasteiger partial charge in [-0.05, 0) is 67.6 Å². The van der Waals surface area contributed by atoms with Gasteiger partial charge in [-0.1, -0.05) is 0 Å². The summed E-state index contributed by atoms with van der Waals surface area (Å²) in [5.41, 5.74) is -4.55. The molecular formula is C15H18F6O. The van der Waals surface area contributed by atoms with Crippen LogP contribution in [0.25, 0.3) is 0 Å². The van der Waals surface area contributed by atoms with E-state index in [2.05, 4.69) is 0 Å². The second-order valence-electron chi connectivity index (χ2n) is 7.75. The number of aliphatic hydroxyl groups is 1. The van der Waals surface area contributed by atoms with Crippen LogP contribution >= 0.6 is 0 Å². The summed E-state index contributed by atoms with van der Waals surface area (Å²) < 4.78 is 78.8. The predicted octanol–water partition coefficient (Wildman–Crippen LogP) is 4.16. The van der Waals surface area contributed by atoms with Crippen LogP contribution in [-0.2, 0) is 0 Å². The number of hydrogen-bond acceptors (Lipinski definition) is 1. The van der Waals surface area contributed by atoms with Gasteiger partial charge in [-0.2, -0.15) is 26.3 Å². The van der Waals surface area contributed by atoms with Crippen LogP contribution in [0.15, 0.2) is 0 Å². The van der Waals surface area contributed by atoms with Crippen LogP contribution in [0.5, 0.6) is 0 Å². The van der Waals surface area contributed by atoms with Gasteiger partial charge in [0.15, 0.2) is 0 Å². The Kier molecular flexibility index (Phi) is 2.84. The molecule has 4 aliphatic rings. The van der Waals surface area contributed by atoms with E-state index in [0.717, 1.165) is 19.3 Å². The molecule has 0 spiro atoms. The summed E-state index contributed by atoms with van der Waals surface area (Å²) in [4.78, 5) is 0. The van der Waals surface area contributed by atoms with Gasteiger partial charge in [-0.3, -0.25) is 0 Å². The predicted molar refractivity (Wildman–Crippen MR) is 64.6 cm³/mol. The number of halogens is 6. The SMILES string of the molecule is OC(C1CC2CC1C1C2C2CC[C@@H]1C2)(C(F)(F)F)C(F)(F)F. The molecule has 0 amide bonds. The molecule has 0 aromatic heterocycles. The maximum Gasteiger partial charge on any atom is 0.426 e. The van der Waals surface area contributed by atoms with Gasteiger partial charge in [0.05, 0.1) is 0 Å². The Labute approximate surface area is 124 Å².